The molecule has 73 heavy (non-hydrogen) atoms. The van der Waals surface area contributed by atoms with Crippen LogP contribution in [0.2, 0.25) is 0 Å². The zero-order valence-corrected chi connectivity index (χ0v) is 40.8. The molecule has 9 rings (SSSR count). The number of nitrogens with zero attached hydrogens (tertiary/aromatic N) is 4. The first-order valence-corrected chi connectivity index (χ1v) is 24.1. The van der Waals surface area contributed by atoms with E-state index in [4.69, 9.17) is 43.7 Å². The number of hydrogen-bond acceptors (Lipinski definition) is 9. The van der Waals surface area contributed by atoms with Crippen LogP contribution in [0.4, 0.5) is 5.69 Å². The fraction of sp³-hybridized carbons (Fsp3) is 0.0938. The molecule has 0 aliphatic heterocycles. The average Bonchev–Trinajstić information content (AvgIpc) is 3.46. The molecule has 0 unspecified atom stereocenters. The molecular weight excluding hydrogens is 905 g/mol. The normalized spacial score (nSPS) is 12.0. The molecule has 0 saturated carbocycles. The summed E-state index contributed by atoms with van der Waals surface area (Å²) in [5.41, 5.74) is 11.9. The lowest BCUT2D eigenvalue weighted by Gasteiger charge is -2.12. The van der Waals surface area contributed by atoms with Crippen LogP contribution < -0.4 is 23.7 Å². The summed E-state index contributed by atoms with van der Waals surface area (Å²) in [6, 6.07) is 79.9. The van der Waals surface area contributed by atoms with Crippen molar-refractivity contribution in [3.05, 3.63) is 287 Å². The molecule has 0 N–H and O–H groups in total. The van der Waals surface area contributed by atoms with E-state index in [1.807, 2.05) is 225 Å². The molecule has 0 saturated heterocycles. The summed E-state index contributed by atoms with van der Waals surface area (Å²) in [4.78, 5) is 19.8. The molecule has 0 aliphatic rings. The van der Waals surface area contributed by atoms with Gasteiger partial charge in [-0.3, -0.25) is 0 Å². The number of rotatable bonds is 21. The molecule has 0 heterocycles. The lowest BCUT2D eigenvalue weighted by Crippen LogP contribution is -2.08. The SMILES string of the molecule is CCOc1ccc(C(=NCOc2ccc(C(=NCOc3ccc(C(=NCOc4ccc(C(=Nc5ccc(OC)cc5)c5ccccc5)cc4)c4ccccc4)cc3)c3ccccc3)cc2)c2ccccc2)cc1. The Balaban J connectivity index is 0.858. The molecule has 0 fully saturated rings. The van der Waals surface area contributed by atoms with Crippen molar-refractivity contribution in [2.45, 2.75) is 6.92 Å². The van der Waals surface area contributed by atoms with Gasteiger partial charge in [0.1, 0.15) is 28.7 Å². The van der Waals surface area contributed by atoms with Crippen LogP contribution in [0.5, 0.6) is 28.7 Å². The molecule has 360 valence electrons. The van der Waals surface area contributed by atoms with Gasteiger partial charge in [0.25, 0.3) is 0 Å². The number of hydrogen-bond donors (Lipinski definition) is 0. The van der Waals surface area contributed by atoms with Gasteiger partial charge in [0.15, 0.2) is 20.2 Å². The van der Waals surface area contributed by atoms with Gasteiger partial charge in [0, 0.05) is 44.5 Å². The van der Waals surface area contributed by atoms with E-state index in [0.717, 1.165) is 84.5 Å². The zero-order chi connectivity index (χ0) is 49.9. The number of benzene rings is 9. The van der Waals surface area contributed by atoms with E-state index < -0.39 is 0 Å². The van der Waals surface area contributed by atoms with Crippen molar-refractivity contribution in [3.63, 3.8) is 0 Å². The van der Waals surface area contributed by atoms with E-state index in [1.54, 1.807) is 7.11 Å². The smallest absolute Gasteiger partial charge is 0.179 e. The number of aliphatic imine (C=N–C) groups is 4. The van der Waals surface area contributed by atoms with Gasteiger partial charge in [-0.15, -0.1) is 0 Å². The van der Waals surface area contributed by atoms with Crippen molar-refractivity contribution in [2.24, 2.45) is 20.0 Å². The van der Waals surface area contributed by atoms with Gasteiger partial charge in [-0.2, -0.15) is 0 Å². The third-order valence-electron chi connectivity index (χ3n) is 11.7. The van der Waals surface area contributed by atoms with Crippen LogP contribution in [0.3, 0.4) is 0 Å². The minimum Gasteiger partial charge on any atom is -0.497 e. The van der Waals surface area contributed by atoms with Gasteiger partial charge >= 0.3 is 0 Å². The van der Waals surface area contributed by atoms with E-state index in [0.29, 0.717) is 23.9 Å². The third kappa shape index (κ3) is 13.3. The highest BCUT2D eigenvalue weighted by atomic mass is 16.5. The fourth-order valence-corrected chi connectivity index (χ4v) is 8.03. The molecule has 9 nitrogen and oxygen atoms in total. The van der Waals surface area contributed by atoms with Crippen molar-refractivity contribution in [1.29, 1.82) is 0 Å². The summed E-state index contributed by atoms with van der Waals surface area (Å²) in [6.07, 6.45) is 0. The molecule has 9 heteroatoms. The predicted octanol–water partition coefficient (Wildman–Crippen LogP) is 13.9. The van der Waals surface area contributed by atoms with Crippen LogP contribution in [0.1, 0.15) is 51.4 Å². The summed E-state index contributed by atoms with van der Waals surface area (Å²) in [6.45, 7) is 2.95. The molecule has 0 aromatic heterocycles. The molecule has 9 aromatic carbocycles. The topological polar surface area (TPSA) is 95.6 Å². The highest BCUT2D eigenvalue weighted by Crippen LogP contribution is 2.25. The van der Waals surface area contributed by atoms with Gasteiger partial charge in [0.2, 0.25) is 0 Å². The predicted molar refractivity (Wildman–Crippen MR) is 294 cm³/mol. The Bertz CT molecular complexity index is 3250. The second-order valence-electron chi connectivity index (χ2n) is 16.5. The van der Waals surface area contributed by atoms with Crippen LogP contribution >= 0.6 is 0 Å². The van der Waals surface area contributed by atoms with E-state index in [9.17, 15) is 0 Å². The van der Waals surface area contributed by atoms with Crippen LogP contribution in [0.15, 0.2) is 263 Å². The van der Waals surface area contributed by atoms with Crippen molar-refractivity contribution >= 4 is 28.5 Å². The maximum absolute atomic E-state index is 6.23. The van der Waals surface area contributed by atoms with Crippen molar-refractivity contribution in [3.8, 4) is 28.7 Å². The lowest BCUT2D eigenvalue weighted by molar-refractivity contribution is 0.331. The average molecular weight is 959 g/mol. The lowest BCUT2D eigenvalue weighted by atomic mass is 10.0. The number of ether oxygens (including phenoxy) is 5. The molecule has 0 radical (unpaired) electrons. The van der Waals surface area contributed by atoms with Crippen molar-refractivity contribution < 1.29 is 23.7 Å². The zero-order valence-electron chi connectivity index (χ0n) is 40.8. The Morgan fingerprint density at radius 3 is 0.849 bits per heavy atom. The second-order valence-corrected chi connectivity index (χ2v) is 16.5. The van der Waals surface area contributed by atoms with E-state index in [-0.39, 0.29) is 20.2 Å². The van der Waals surface area contributed by atoms with Crippen LogP contribution in [-0.4, -0.2) is 56.8 Å². The van der Waals surface area contributed by atoms with Gasteiger partial charge in [-0.25, -0.2) is 20.0 Å². The summed E-state index contributed by atoms with van der Waals surface area (Å²) >= 11 is 0. The van der Waals surface area contributed by atoms with Crippen LogP contribution in [-0.2, 0) is 0 Å². The first-order valence-electron chi connectivity index (χ1n) is 24.1. The van der Waals surface area contributed by atoms with Gasteiger partial charge < -0.3 is 23.7 Å². The molecule has 0 aliphatic carbocycles. The van der Waals surface area contributed by atoms with E-state index >= 15 is 0 Å². The molecule has 0 spiro atoms. The standard InChI is InChI=1S/C64H54N4O5/c1-3-70-57-34-24-51(25-35-57)61(47-16-8-4-9-17-47)65-44-71-58-36-26-52(27-37-58)62(48-18-10-5-11-19-48)66-45-72-59-38-28-53(29-39-59)63(49-20-12-6-13-21-49)67-46-73-60-40-30-54(31-41-60)64(50-22-14-7-15-23-50)68-55-32-42-56(69-2)43-33-55/h4-43H,3,44-46H2,1-2H3. The van der Waals surface area contributed by atoms with Crippen LogP contribution in [0, 0.1) is 0 Å². The summed E-state index contributed by atoms with van der Waals surface area (Å²) < 4.78 is 29.6. The Morgan fingerprint density at radius 2 is 0.548 bits per heavy atom. The molecule has 0 amide bonds. The first kappa shape index (κ1) is 48.7. The highest BCUT2D eigenvalue weighted by Gasteiger charge is 2.13. The highest BCUT2D eigenvalue weighted by molar-refractivity contribution is 6.15. The minimum absolute atomic E-state index is 0.108. The van der Waals surface area contributed by atoms with Crippen molar-refractivity contribution in [1.82, 2.24) is 0 Å². The van der Waals surface area contributed by atoms with E-state index in [2.05, 4.69) is 24.3 Å². The maximum atomic E-state index is 6.23. The quantitative estimate of drug-likeness (QED) is 0.0669. The van der Waals surface area contributed by atoms with E-state index in [1.165, 1.54) is 0 Å². The van der Waals surface area contributed by atoms with Gasteiger partial charge in [0.05, 0.1) is 42.3 Å². The Morgan fingerprint density at radius 1 is 0.288 bits per heavy atom. The summed E-state index contributed by atoms with van der Waals surface area (Å²) in [5.74, 6) is 3.67. The molecule has 9 aromatic rings. The third-order valence-corrected chi connectivity index (χ3v) is 11.7. The largest absolute Gasteiger partial charge is 0.497 e. The van der Waals surface area contributed by atoms with Gasteiger partial charge in [-0.1, -0.05) is 121 Å². The monoisotopic (exact) mass is 958 g/mol. The summed E-state index contributed by atoms with van der Waals surface area (Å²) in [7, 11) is 1.66. The second kappa shape index (κ2) is 25.0. The van der Waals surface area contributed by atoms with Gasteiger partial charge in [-0.05, 0) is 128 Å². The maximum Gasteiger partial charge on any atom is 0.179 e. The Labute approximate surface area is 427 Å². The Hall–Kier alpha value is -9.34. The molecule has 0 atom stereocenters. The molecule has 0 bridgehead atoms. The van der Waals surface area contributed by atoms with Crippen LogP contribution in [0.25, 0.3) is 0 Å². The minimum atomic E-state index is 0.108. The Kier molecular flexibility index (Phi) is 16.7. The number of methoxy groups -OCH3 is 1. The fourth-order valence-electron chi connectivity index (χ4n) is 8.03. The molecular formula is C64H54N4O5. The van der Waals surface area contributed by atoms with Crippen molar-refractivity contribution in [2.75, 3.05) is 33.9 Å². The summed E-state index contributed by atoms with van der Waals surface area (Å²) in [5, 5.41) is 0. The first-order chi connectivity index (χ1) is 36.1.